The molecule has 118 valence electrons. The van der Waals surface area contributed by atoms with Crippen LogP contribution in [0.1, 0.15) is 19.8 Å². The molecule has 0 aliphatic heterocycles. The molecule has 1 fully saturated rings. The number of aliphatic imine (C=N–C) groups is 1. The molecule has 0 aromatic carbocycles. The maximum absolute atomic E-state index is 11.6. The number of guanidine groups is 1. The van der Waals surface area contributed by atoms with Crippen LogP contribution >= 0.6 is 24.0 Å². The molecule has 1 heterocycles. The van der Waals surface area contributed by atoms with Crippen molar-refractivity contribution in [2.45, 2.75) is 32.4 Å². The summed E-state index contributed by atoms with van der Waals surface area (Å²) in [5, 5.41) is 9.28. The first-order valence-corrected chi connectivity index (χ1v) is 7.20. The number of amides is 1. The number of hydrogen-bond donors (Lipinski definition) is 3. The highest BCUT2D eigenvalue weighted by molar-refractivity contribution is 14.0. The summed E-state index contributed by atoms with van der Waals surface area (Å²) < 4.78 is 2.09. The van der Waals surface area contributed by atoms with Gasteiger partial charge < -0.3 is 20.5 Å². The van der Waals surface area contributed by atoms with Crippen LogP contribution in [0.5, 0.6) is 0 Å². The van der Waals surface area contributed by atoms with Gasteiger partial charge in [0, 0.05) is 38.1 Å². The van der Waals surface area contributed by atoms with E-state index in [4.69, 9.17) is 0 Å². The summed E-state index contributed by atoms with van der Waals surface area (Å²) in [7, 11) is 0. The third kappa shape index (κ3) is 7.35. The first-order chi connectivity index (χ1) is 9.78. The van der Waals surface area contributed by atoms with Crippen LogP contribution in [0.15, 0.2) is 29.5 Å². The van der Waals surface area contributed by atoms with Gasteiger partial charge in [-0.3, -0.25) is 4.79 Å². The van der Waals surface area contributed by atoms with E-state index in [0.29, 0.717) is 12.0 Å². The number of hydrogen-bond acceptors (Lipinski definition) is 2. The molecule has 1 aromatic rings. The van der Waals surface area contributed by atoms with Gasteiger partial charge in [-0.15, -0.1) is 24.0 Å². The van der Waals surface area contributed by atoms with Gasteiger partial charge in [-0.25, -0.2) is 4.99 Å². The van der Waals surface area contributed by atoms with Crippen molar-refractivity contribution in [2.75, 3.05) is 19.6 Å². The first-order valence-electron chi connectivity index (χ1n) is 7.20. The van der Waals surface area contributed by atoms with Gasteiger partial charge in [0.15, 0.2) is 5.96 Å². The zero-order valence-electron chi connectivity index (χ0n) is 12.3. The zero-order valence-corrected chi connectivity index (χ0v) is 14.7. The Labute approximate surface area is 142 Å². The second-order valence-electron chi connectivity index (χ2n) is 4.88. The van der Waals surface area contributed by atoms with Crippen molar-refractivity contribution < 1.29 is 4.79 Å². The third-order valence-corrected chi connectivity index (χ3v) is 3.00. The van der Waals surface area contributed by atoms with E-state index in [0.717, 1.165) is 32.5 Å². The van der Waals surface area contributed by atoms with Crippen LogP contribution in [0.4, 0.5) is 0 Å². The van der Waals surface area contributed by atoms with E-state index in [-0.39, 0.29) is 36.4 Å². The Morgan fingerprint density at radius 1 is 1.29 bits per heavy atom. The fourth-order valence-corrected chi connectivity index (χ4v) is 1.82. The molecule has 7 heteroatoms. The van der Waals surface area contributed by atoms with Gasteiger partial charge in [0.05, 0.1) is 0 Å². The summed E-state index contributed by atoms with van der Waals surface area (Å²) in [6, 6.07) is 4.39. The van der Waals surface area contributed by atoms with Crippen LogP contribution in [0.2, 0.25) is 0 Å². The van der Waals surface area contributed by atoms with Gasteiger partial charge in [-0.1, -0.05) is 0 Å². The molecule has 1 aliphatic rings. The largest absolute Gasteiger partial charge is 0.357 e. The summed E-state index contributed by atoms with van der Waals surface area (Å²) in [5.41, 5.74) is 0. The van der Waals surface area contributed by atoms with Crippen LogP contribution in [-0.2, 0) is 11.3 Å². The predicted octanol–water partition coefficient (Wildman–Crippen LogP) is 0.940. The lowest BCUT2D eigenvalue weighted by atomic mass is 10.5. The maximum Gasteiger partial charge on any atom is 0.242 e. The Morgan fingerprint density at radius 2 is 2.00 bits per heavy atom. The van der Waals surface area contributed by atoms with Gasteiger partial charge in [0.25, 0.3) is 0 Å². The van der Waals surface area contributed by atoms with Crippen molar-refractivity contribution in [1.29, 1.82) is 0 Å². The van der Waals surface area contributed by atoms with Gasteiger partial charge >= 0.3 is 0 Å². The Balaban J connectivity index is 0.00000220. The number of carbonyl (C=O) groups is 1. The van der Waals surface area contributed by atoms with Crippen molar-refractivity contribution in [1.82, 2.24) is 20.5 Å². The minimum Gasteiger partial charge on any atom is -0.357 e. The van der Waals surface area contributed by atoms with Crippen LogP contribution < -0.4 is 16.0 Å². The highest BCUT2D eigenvalue weighted by Crippen LogP contribution is 2.18. The number of halogens is 1. The highest BCUT2D eigenvalue weighted by Gasteiger charge is 2.22. The molecule has 1 aromatic heterocycles. The standard InChI is InChI=1S/C14H23N5O.HI/c1-2-15-14(16-7-10-19-8-3-4-9-19)17-11-13(20)18-12-5-6-12;/h3-4,8-9,12H,2,5-7,10-11H2,1H3,(H,18,20)(H2,15,16,17);1H. The van der Waals surface area contributed by atoms with Gasteiger partial charge in [-0.2, -0.15) is 0 Å². The molecule has 6 nitrogen and oxygen atoms in total. The number of carbonyl (C=O) groups excluding carboxylic acids is 1. The second kappa shape index (κ2) is 9.64. The lowest BCUT2D eigenvalue weighted by molar-refractivity contribution is -0.119. The molecule has 21 heavy (non-hydrogen) atoms. The monoisotopic (exact) mass is 405 g/mol. The summed E-state index contributed by atoms with van der Waals surface area (Å²) in [5.74, 6) is 0.681. The average Bonchev–Trinajstić information content (AvgIpc) is 3.08. The van der Waals surface area contributed by atoms with Crippen molar-refractivity contribution in [3.05, 3.63) is 24.5 Å². The molecule has 0 radical (unpaired) electrons. The molecule has 0 saturated heterocycles. The number of aromatic nitrogens is 1. The van der Waals surface area contributed by atoms with E-state index in [9.17, 15) is 4.79 Å². The molecule has 2 rings (SSSR count). The van der Waals surface area contributed by atoms with Gasteiger partial charge in [0.2, 0.25) is 5.91 Å². The normalized spacial score (nSPS) is 14.2. The molecular weight excluding hydrogens is 381 g/mol. The lowest BCUT2D eigenvalue weighted by Crippen LogP contribution is -2.40. The maximum atomic E-state index is 11.6. The van der Waals surface area contributed by atoms with Crippen LogP contribution in [-0.4, -0.2) is 42.1 Å². The molecule has 0 atom stereocenters. The van der Waals surface area contributed by atoms with Crippen LogP contribution in [0, 0.1) is 0 Å². The second-order valence-corrected chi connectivity index (χ2v) is 4.88. The fourth-order valence-electron chi connectivity index (χ4n) is 1.82. The molecular formula is C14H24IN5O. The summed E-state index contributed by atoms with van der Waals surface area (Å²) in [6.07, 6.45) is 6.25. The minimum absolute atomic E-state index is 0. The predicted molar refractivity (Wildman–Crippen MR) is 95.0 cm³/mol. The minimum atomic E-state index is -0.00453. The van der Waals surface area contributed by atoms with E-state index < -0.39 is 0 Å². The topological polar surface area (TPSA) is 70.4 Å². The lowest BCUT2D eigenvalue weighted by Gasteiger charge is -2.11. The number of rotatable bonds is 7. The Morgan fingerprint density at radius 3 is 2.62 bits per heavy atom. The molecule has 3 N–H and O–H groups in total. The smallest absolute Gasteiger partial charge is 0.242 e. The van der Waals surface area contributed by atoms with E-state index >= 15 is 0 Å². The summed E-state index contributed by atoms with van der Waals surface area (Å²) in [4.78, 5) is 15.9. The van der Waals surface area contributed by atoms with Gasteiger partial charge in [-0.05, 0) is 31.9 Å². The Bertz CT molecular complexity index is 442. The SMILES string of the molecule is CCNC(=NCC(=O)NC1CC1)NCCn1cccc1.I. The molecule has 0 unspecified atom stereocenters. The number of nitrogens with zero attached hydrogens (tertiary/aromatic N) is 2. The highest BCUT2D eigenvalue weighted by atomic mass is 127. The Kier molecular flexibility index (Phi) is 8.17. The van der Waals surface area contributed by atoms with Gasteiger partial charge in [0.1, 0.15) is 6.54 Å². The molecule has 1 amide bonds. The average molecular weight is 405 g/mol. The van der Waals surface area contributed by atoms with Crippen molar-refractivity contribution in [3.63, 3.8) is 0 Å². The third-order valence-electron chi connectivity index (χ3n) is 3.00. The first kappa shape index (κ1) is 17.8. The van der Waals surface area contributed by atoms with E-state index in [1.807, 2.05) is 31.5 Å². The Hall–Kier alpha value is -1.25. The molecule has 0 spiro atoms. The van der Waals surface area contributed by atoms with E-state index in [1.54, 1.807) is 0 Å². The van der Waals surface area contributed by atoms with Crippen LogP contribution in [0.3, 0.4) is 0 Å². The molecule has 1 aliphatic carbocycles. The van der Waals surface area contributed by atoms with Crippen LogP contribution in [0.25, 0.3) is 0 Å². The van der Waals surface area contributed by atoms with Crippen molar-refractivity contribution in [2.24, 2.45) is 4.99 Å². The molecule has 0 bridgehead atoms. The number of nitrogens with one attached hydrogen (secondary N) is 3. The van der Waals surface area contributed by atoms with Crippen molar-refractivity contribution in [3.8, 4) is 0 Å². The van der Waals surface area contributed by atoms with E-state index in [2.05, 4.69) is 25.5 Å². The fraction of sp³-hybridized carbons (Fsp3) is 0.571. The zero-order chi connectivity index (χ0) is 14.2. The summed E-state index contributed by atoms with van der Waals surface area (Å²) >= 11 is 0. The van der Waals surface area contributed by atoms with Crippen molar-refractivity contribution >= 4 is 35.8 Å². The quantitative estimate of drug-likeness (QED) is 0.359. The molecule has 1 saturated carbocycles. The summed E-state index contributed by atoms with van der Waals surface area (Å²) in [6.45, 7) is 4.60. The van der Waals surface area contributed by atoms with E-state index in [1.165, 1.54) is 0 Å².